The molecule has 3 N–H and O–H groups in total. The second-order valence-electron chi connectivity index (χ2n) is 8.58. The van der Waals surface area contributed by atoms with Crippen molar-refractivity contribution in [2.24, 2.45) is 23.7 Å². The number of rotatable bonds is 6. The lowest BCUT2D eigenvalue weighted by Crippen LogP contribution is -2.38. The highest BCUT2D eigenvalue weighted by molar-refractivity contribution is 7.16. The van der Waals surface area contributed by atoms with Gasteiger partial charge >= 0.3 is 5.97 Å². The molecule has 2 amide bonds. The highest BCUT2D eigenvalue weighted by Gasteiger charge is 2.54. The molecule has 6 nitrogen and oxygen atoms in total. The maximum Gasteiger partial charge on any atom is 0.307 e. The molecule has 0 aliphatic heterocycles. The van der Waals surface area contributed by atoms with Crippen molar-refractivity contribution in [3.8, 4) is 0 Å². The number of thiophene rings is 1. The number of nitrogens with one attached hydrogen (secondary N) is 2. The van der Waals surface area contributed by atoms with Crippen LogP contribution in [0.4, 0.5) is 10.7 Å². The number of carboxylic acids is 1. The SMILES string of the molecule is CC(C)c1cc(C(=O)Nc2ccccc2)c(NC(=O)C2C3CCC(C3)C2C(=O)O)s1. The minimum Gasteiger partial charge on any atom is -0.481 e. The van der Waals surface area contributed by atoms with Crippen LogP contribution in [0.5, 0.6) is 0 Å². The summed E-state index contributed by atoms with van der Waals surface area (Å²) in [6.07, 6.45) is 2.58. The van der Waals surface area contributed by atoms with E-state index in [4.69, 9.17) is 0 Å². The summed E-state index contributed by atoms with van der Waals surface area (Å²) in [5.74, 6) is -2.22. The van der Waals surface area contributed by atoms with Crippen molar-refractivity contribution < 1.29 is 19.5 Å². The highest BCUT2D eigenvalue weighted by Crippen LogP contribution is 2.53. The van der Waals surface area contributed by atoms with E-state index < -0.39 is 17.8 Å². The third-order valence-corrected chi connectivity index (χ3v) is 7.69. The van der Waals surface area contributed by atoms with Gasteiger partial charge in [-0.3, -0.25) is 14.4 Å². The van der Waals surface area contributed by atoms with Crippen molar-refractivity contribution in [1.29, 1.82) is 0 Å². The molecule has 0 spiro atoms. The molecule has 2 aromatic rings. The Morgan fingerprint density at radius 2 is 1.70 bits per heavy atom. The number of aliphatic carboxylic acids is 1. The van der Waals surface area contributed by atoms with Crippen LogP contribution in [0.25, 0.3) is 0 Å². The normalized spacial score (nSPS) is 24.8. The topological polar surface area (TPSA) is 95.5 Å². The van der Waals surface area contributed by atoms with E-state index in [1.807, 2.05) is 38.1 Å². The van der Waals surface area contributed by atoms with Crippen LogP contribution in [-0.4, -0.2) is 22.9 Å². The fourth-order valence-corrected chi connectivity index (χ4v) is 5.96. The number of fused-ring (bicyclic) bond motifs is 2. The quantitative estimate of drug-likeness (QED) is 0.618. The van der Waals surface area contributed by atoms with Gasteiger partial charge in [-0.2, -0.15) is 0 Å². The van der Waals surface area contributed by atoms with E-state index in [1.54, 1.807) is 12.1 Å². The number of anilines is 2. The first-order valence-electron chi connectivity index (χ1n) is 10.4. The van der Waals surface area contributed by atoms with Crippen molar-refractivity contribution in [1.82, 2.24) is 0 Å². The minimum atomic E-state index is -0.890. The standard InChI is InChI=1S/C23H26N2O4S/c1-12(2)17-11-16(20(26)24-15-6-4-3-5-7-15)22(30-17)25-21(27)18-13-8-9-14(10-13)19(18)23(28)29/h3-7,11-14,18-19H,8-10H2,1-2H3,(H,24,26)(H,25,27)(H,28,29). The minimum absolute atomic E-state index is 0.0821. The maximum atomic E-state index is 13.1. The molecule has 1 aromatic heterocycles. The van der Waals surface area contributed by atoms with Gasteiger partial charge < -0.3 is 15.7 Å². The third-order valence-electron chi connectivity index (χ3n) is 6.34. The van der Waals surface area contributed by atoms with Crippen LogP contribution in [-0.2, 0) is 9.59 Å². The molecule has 0 saturated heterocycles. The Hall–Kier alpha value is -2.67. The van der Waals surface area contributed by atoms with Gasteiger partial charge in [-0.1, -0.05) is 32.0 Å². The Kier molecular flexibility index (Phi) is 5.64. The second kappa shape index (κ2) is 8.22. The number of carbonyl (C=O) groups is 3. The van der Waals surface area contributed by atoms with Gasteiger partial charge in [-0.25, -0.2) is 0 Å². The number of amides is 2. The Labute approximate surface area is 179 Å². The van der Waals surface area contributed by atoms with Crippen LogP contribution in [0.1, 0.15) is 54.3 Å². The average molecular weight is 427 g/mol. The molecule has 2 fully saturated rings. The van der Waals surface area contributed by atoms with Gasteiger partial charge in [0.05, 0.1) is 17.4 Å². The average Bonchev–Trinajstić information content (AvgIpc) is 3.42. The van der Waals surface area contributed by atoms with E-state index >= 15 is 0 Å². The van der Waals surface area contributed by atoms with Crippen LogP contribution < -0.4 is 10.6 Å². The van der Waals surface area contributed by atoms with Gasteiger partial charge in [0.2, 0.25) is 5.91 Å². The van der Waals surface area contributed by atoms with Crippen molar-refractivity contribution in [3.63, 3.8) is 0 Å². The lowest BCUT2D eigenvalue weighted by Gasteiger charge is -2.26. The summed E-state index contributed by atoms with van der Waals surface area (Å²) in [6, 6.07) is 11.0. The molecule has 4 rings (SSSR count). The Balaban J connectivity index is 1.58. The summed E-state index contributed by atoms with van der Waals surface area (Å²) in [4.78, 5) is 38.8. The molecule has 4 unspecified atom stereocenters. The van der Waals surface area contributed by atoms with E-state index in [9.17, 15) is 19.5 Å². The Morgan fingerprint density at radius 3 is 2.33 bits per heavy atom. The number of carbonyl (C=O) groups excluding carboxylic acids is 2. The van der Waals surface area contributed by atoms with Gasteiger partial charge in [0, 0.05) is 10.6 Å². The van der Waals surface area contributed by atoms with Gasteiger partial charge in [-0.05, 0) is 55.2 Å². The summed E-state index contributed by atoms with van der Waals surface area (Å²) in [7, 11) is 0. The van der Waals surface area contributed by atoms with Crippen molar-refractivity contribution >= 4 is 39.8 Å². The van der Waals surface area contributed by atoms with Gasteiger partial charge in [0.1, 0.15) is 5.00 Å². The maximum absolute atomic E-state index is 13.1. The van der Waals surface area contributed by atoms with E-state index in [1.165, 1.54) is 11.3 Å². The largest absolute Gasteiger partial charge is 0.481 e. The lowest BCUT2D eigenvalue weighted by molar-refractivity contribution is -0.148. The summed E-state index contributed by atoms with van der Waals surface area (Å²) in [6.45, 7) is 4.07. The van der Waals surface area contributed by atoms with Crippen LogP contribution in [0.3, 0.4) is 0 Å². The zero-order valence-electron chi connectivity index (χ0n) is 17.1. The third kappa shape index (κ3) is 3.86. The number of hydrogen-bond acceptors (Lipinski definition) is 4. The number of carboxylic acid groups (broad SMARTS) is 1. The van der Waals surface area contributed by atoms with Crippen LogP contribution in [0.2, 0.25) is 0 Å². The lowest BCUT2D eigenvalue weighted by atomic mass is 9.79. The first-order valence-corrected chi connectivity index (χ1v) is 11.2. The second-order valence-corrected chi connectivity index (χ2v) is 9.66. The number of benzene rings is 1. The van der Waals surface area contributed by atoms with Gasteiger partial charge in [-0.15, -0.1) is 11.3 Å². The van der Waals surface area contributed by atoms with Crippen molar-refractivity contribution in [2.75, 3.05) is 10.6 Å². The van der Waals surface area contributed by atoms with Crippen molar-refractivity contribution in [3.05, 3.63) is 46.8 Å². The molecule has 7 heteroatoms. The van der Waals surface area contributed by atoms with E-state index in [0.29, 0.717) is 16.3 Å². The van der Waals surface area contributed by atoms with Crippen molar-refractivity contribution in [2.45, 2.75) is 39.0 Å². The van der Waals surface area contributed by atoms with E-state index in [2.05, 4.69) is 10.6 Å². The summed E-state index contributed by atoms with van der Waals surface area (Å²) in [5, 5.41) is 15.9. The van der Waals surface area contributed by atoms with Gasteiger partial charge in [0.15, 0.2) is 0 Å². The zero-order valence-corrected chi connectivity index (χ0v) is 17.9. The zero-order chi connectivity index (χ0) is 21.4. The first-order chi connectivity index (χ1) is 14.3. The molecule has 2 aliphatic carbocycles. The molecule has 2 bridgehead atoms. The fourth-order valence-electron chi connectivity index (χ4n) is 4.90. The summed E-state index contributed by atoms with van der Waals surface area (Å²) in [5.41, 5.74) is 1.09. The molecule has 0 radical (unpaired) electrons. The van der Waals surface area contributed by atoms with Crippen LogP contribution >= 0.6 is 11.3 Å². The molecule has 2 aliphatic rings. The molecule has 158 valence electrons. The predicted molar refractivity (Wildman–Crippen MR) is 117 cm³/mol. The molecule has 4 atom stereocenters. The molecular formula is C23H26N2O4S. The Morgan fingerprint density at radius 1 is 1.03 bits per heavy atom. The van der Waals surface area contributed by atoms with E-state index in [-0.39, 0.29) is 29.6 Å². The number of para-hydroxylation sites is 1. The highest BCUT2D eigenvalue weighted by atomic mass is 32.1. The van der Waals surface area contributed by atoms with Crippen LogP contribution in [0.15, 0.2) is 36.4 Å². The smallest absolute Gasteiger partial charge is 0.307 e. The molecule has 1 heterocycles. The first kappa shape index (κ1) is 20.6. The molecular weight excluding hydrogens is 400 g/mol. The molecule has 30 heavy (non-hydrogen) atoms. The van der Waals surface area contributed by atoms with Crippen LogP contribution in [0, 0.1) is 23.7 Å². The monoisotopic (exact) mass is 426 g/mol. The summed E-state index contributed by atoms with van der Waals surface area (Å²) >= 11 is 1.38. The van der Waals surface area contributed by atoms with Gasteiger partial charge in [0.25, 0.3) is 5.91 Å². The molecule has 1 aromatic carbocycles. The summed E-state index contributed by atoms with van der Waals surface area (Å²) < 4.78 is 0. The Bertz CT molecular complexity index is 969. The number of hydrogen-bond donors (Lipinski definition) is 3. The molecule has 2 saturated carbocycles. The fraction of sp³-hybridized carbons (Fsp3) is 0.435. The predicted octanol–water partition coefficient (Wildman–Crippen LogP) is 4.81. The van der Waals surface area contributed by atoms with E-state index in [0.717, 1.165) is 24.1 Å².